The van der Waals surface area contributed by atoms with Crippen LogP contribution in [-0.2, 0) is 4.79 Å². The highest BCUT2D eigenvalue weighted by Gasteiger charge is 2.30. The molecule has 0 saturated heterocycles. The number of carbonyl (C=O) groups is 1. The summed E-state index contributed by atoms with van der Waals surface area (Å²) in [4.78, 5) is 12.5. The number of rotatable bonds is 6. The van der Waals surface area contributed by atoms with E-state index in [4.69, 9.17) is 5.73 Å². The maximum Gasteiger partial charge on any atom is 0.244 e. The predicted molar refractivity (Wildman–Crippen MR) is 90.8 cm³/mol. The van der Waals surface area contributed by atoms with Gasteiger partial charge in [-0.1, -0.05) is 53.7 Å². The molecule has 0 bridgehead atoms. The van der Waals surface area contributed by atoms with Crippen molar-refractivity contribution in [3.05, 3.63) is 29.3 Å². The summed E-state index contributed by atoms with van der Waals surface area (Å²) in [5.41, 5.74) is 8.74. The molecule has 1 aromatic rings. The third kappa shape index (κ3) is 4.07. The lowest BCUT2D eigenvalue weighted by molar-refractivity contribution is -0.121. The Labute approximate surface area is 129 Å². The fourth-order valence-electron chi connectivity index (χ4n) is 2.35. The van der Waals surface area contributed by atoms with Gasteiger partial charge in [0.15, 0.2) is 0 Å². The second kappa shape index (κ2) is 7.08. The Morgan fingerprint density at radius 3 is 2.14 bits per heavy atom. The largest absolute Gasteiger partial charge is 0.324 e. The SMILES string of the molecule is CCC(N)(CC)C(=O)Nc1ccc(C(C)C)cc1C(C)C. The third-order valence-electron chi connectivity index (χ3n) is 4.33. The number of nitrogens with two attached hydrogens (primary N) is 1. The van der Waals surface area contributed by atoms with Gasteiger partial charge in [0.1, 0.15) is 0 Å². The van der Waals surface area contributed by atoms with Crippen LogP contribution < -0.4 is 11.1 Å². The molecule has 0 aliphatic carbocycles. The second-order valence-corrected chi connectivity index (χ2v) is 6.47. The maximum atomic E-state index is 12.5. The normalized spacial score (nSPS) is 12.0. The number of amides is 1. The Bertz CT molecular complexity index is 488. The molecule has 0 atom stereocenters. The highest BCUT2D eigenvalue weighted by Crippen LogP contribution is 2.29. The minimum absolute atomic E-state index is 0.0910. The van der Waals surface area contributed by atoms with Gasteiger partial charge in [-0.25, -0.2) is 0 Å². The highest BCUT2D eigenvalue weighted by atomic mass is 16.2. The molecule has 3 N–H and O–H groups in total. The average molecular weight is 290 g/mol. The number of anilines is 1. The molecule has 0 spiro atoms. The lowest BCUT2D eigenvalue weighted by Crippen LogP contribution is -2.50. The quantitative estimate of drug-likeness (QED) is 0.816. The van der Waals surface area contributed by atoms with Gasteiger partial charge in [0.25, 0.3) is 0 Å². The van der Waals surface area contributed by atoms with Crippen molar-refractivity contribution in [3.63, 3.8) is 0 Å². The Kier molecular flexibility index (Phi) is 5.97. The van der Waals surface area contributed by atoms with Gasteiger partial charge in [-0.3, -0.25) is 4.79 Å². The Balaban J connectivity index is 3.11. The van der Waals surface area contributed by atoms with E-state index in [-0.39, 0.29) is 5.91 Å². The van der Waals surface area contributed by atoms with Crippen LogP contribution in [-0.4, -0.2) is 11.4 Å². The fraction of sp³-hybridized carbons (Fsp3) is 0.611. The van der Waals surface area contributed by atoms with Crippen molar-refractivity contribution in [2.45, 2.75) is 71.8 Å². The van der Waals surface area contributed by atoms with Gasteiger partial charge in [0.05, 0.1) is 5.54 Å². The van der Waals surface area contributed by atoms with Crippen molar-refractivity contribution in [1.82, 2.24) is 0 Å². The molecule has 3 nitrogen and oxygen atoms in total. The van der Waals surface area contributed by atoms with Gasteiger partial charge in [0.2, 0.25) is 5.91 Å². The maximum absolute atomic E-state index is 12.5. The topological polar surface area (TPSA) is 55.1 Å². The monoisotopic (exact) mass is 290 g/mol. The smallest absolute Gasteiger partial charge is 0.244 e. The molecule has 0 radical (unpaired) electrons. The summed E-state index contributed by atoms with van der Waals surface area (Å²) < 4.78 is 0. The molecule has 21 heavy (non-hydrogen) atoms. The van der Waals surface area contributed by atoms with Crippen LogP contribution in [0.25, 0.3) is 0 Å². The molecule has 0 unspecified atom stereocenters. The van der Waals surface area contributed by atoms with Gasteiger partial charge in [0, 0.05) is 5.69 Å². The standard InChI is InChI=1S/C18H30N2O/c1-7-18(19,8-2)17(21)20-16-10-9-14(12(3)4)11-15(16)13(5)6/h9-13H,7-8,19H2,1-6H3,(H,20,21). The molecule has 0 aliphatic heterocycles. The van der Waals surface area contributed by atoms with Gasteiger partial charge < -0.3 is 11.1 Å². The van der Waals surface area contributed by atoms with Crippen molar-refractivity contribution in [2.75, 3.05) is 5.32 Å². The molecule has 1 rings (SSSR count). The highest BCUT2D eigenvalue weighted by molar-refractivity contribution is 5.98. The Morgan fingerprint density at radius 1 is 1.14 bits per heavy atom. The van der Waals surface area contributed by atoms with Crippen molar-refractivity contribution in [1.29, 1.82) is 0 Å². The Hall–Kier alpha value is -1.35. The first-order chi connectivity index (χ1) is 9.75. The van der Waals surface area contributed by atoms with Gasteiger partial charge in [-0.05, 0) is 41.9 Å². The number of benzene rings is 1. The van der Waals surface area contributed by atoms with Crippen LogP contribution in [0.5, 0.6) is 0 Å². The minimum Gasteiger partial charge on any atom is -0.324 e. The molecular weight excluding hydrogens is 260 g/mol. The average Bonchev–Trinajstić information content (AvgIpc) is 2.46. The first-order valence-electron chi connectivity index (χ1n) is 7.99. The second-order valence-electron chi connectivity index (χ2n) is 6.47. The van der Waals surface area contributed by atoms with E-state index in [1.54, 1.807) is 0 Å². The molecule has 1 amide bonds. The van der Waals surface area contributed by atoms with Gasteiger partial charge in [-0.15, -0.1) is 0 Å². The number of carbonyl (C=O) groups excluding carboxylic acids is 1. The van der Waals surface area contributed by atoms with E-state index < -0.39 is 5.54 Å². The molecule has 0 fully saturated rings. The zero-order chi connectivity index (χ0) is 16.2. The third-order valence-corrected chi connectivity index (χ3v) is 4.33. The molecule has 0 heterocycles. The van der Waals surface area contributed by atoms with E-state index in [2.05, 4.69) is 45.1 Å². The molecule has 0 aliphatic rings. The van der Waals surface area contributed by atoms with Crippen LogP contribution in [0.4, 0.5) is 5.69 Å². The van der Waals surface area contributed by atoms with Crippen molar-refractivity contribution in [2.24, 2.45) is 5.73 Å². The first kappa shape index (κ1) is 17.7. The predicted octanol–water partition coefficient (Wildman–Crippen LogP) is 4.39. The molecular formula is C18H30N2O. The van der Waals surface area contributed by atoms with Crippen LogP contribution in [0.1, 0.15) is 77.3 Å². The molecule has 118 valence electrons. The van der Waals surface area contributed by atoms with E-state index in [9.17, 15) is 4.79 Å². The molecule has 0 saturated carbocycles. The fourth-order valence-corrected chi connectivity index (χ4v) is 2.35. The lowest BCUT2D eigenvalue weighted by Gasteiger charge is -2.26. The van der Waals surface area contributed by atoms with Gasteiger partial charge in [-0.2, -0.15) is 0 Å². The van der Waals surface area contributed by atoms with Crippen molar-refractivity contribution < 1.29 is 4.79 Å². The van der Waals surface area contributed by atoms with Crippen LogP contribution in [0, 0.1) is 0 Å². The van der Waals surface area contributed by atoms with Crippen molar-refractivity contribution >= 4 is 11.6 Å². The number of hydrogen-bond donors (Lipinski definition) is 2. The van der Waals surface area contributed by atoms with Crippen LogP contribution in [0.2, 0.25) is 0 Å². The van der Waals surface area contributed by atoms with E-state index in [1.807, 2.05) is 19.9 Å². The number of hydrogen-bond acceptors (Lipinski definition) is 2. The van der Waals surface area contributed by atoms with Gasteiger partial charge >= 0.3 is 0 Å². The summed E-state index contributed by atoms with van der Waals surface area (Å²) in [5.74, 6) is 0.744. The summed E-state index contributed by atoms with van der Waals surface area (Å²) in [6.45, 7) is 12.5. The van der Waals surface area contributed by atoms with Crippen LogP contribution in [0.15, 0.2) is 18.2 Å². The summed E-state index contributed by atoms with van der Waals surface area (Å²) in [5, 5.41) is 3.04. The summed E-state index contributed by atoms with van der Waals surface area (Å²) in [6, 6.07) is 6.29. The Morgan fingerprint density at radius 2 is 1.71 bits per heavy atom. The van der Waals surface area contributed by atoms with E-state index in [1.165, 1.54) is 11.1 Å². The summed E-state index contributed by atoms with van der Waals surface area (Å²) in [7, 11) is 0. The minimum atomic E-state index is -0.787. The molecule has 0 aromatic heterocycles. The molecule has 3 heteroatoms. The summed E-state index contributed by atoms with van der Waals surface area (Å²) in [6.07, 6.45) is 1.27. The number of nitrogens with one attached hydrogen (secondary N) is 1. The van der Waals surface area contributed by atoms with E-state index >= 15 is 0 Å². The van der Waals surface area contributed by atoms with E-state index in [0.29, 0.717) is 24.7 Å². The zero-order valence-corrected chi connectivity index (χ0v) is 14.3. The molecule has 1 aromatic carbocycles. The van der Waals surface area contributed by atoms with E-state index in [0.717, 1.165) is 5.69 Å². The first-order valence-corrected chi connectivity index (χ1v) is 7.99. The zero-order valence-electron chi connectivity index (χ0n) is 14.3. The lowest BCUT2D eigenvalue weighted by atomic mass is 9.91. The summed E-state index contributed by atoms with van der Waals surface area (Å²) >= 11 is 0. The van der Waals surface area contributed by atoms with Crippen molar-refractivity contribution in [3.8, 4) is 0 Å². The van der Waals surface area contributed by atoms with Crippen LogP contribution >= 0.6 is 0 Å². The van der Waals surface area contributed by atoms with Crippen LogP contribution in [0.3, 0.4) is 0 Å².